The van der Waals surface area contributed by atoms with Crippen LogP contribution in [0.1, 0.15) is 12.8 Å². The Hall–Kier alpha value is -3.48. The zero-order valence-corrected chi connectivity index (χ0v) is 13.8. The van der Waals surface area contributed by atoms with Crippen molar-refractivity contribution in [2.24, 2.45) is 0 Å². The molecule has 7 heteroatoms. The summed E-state index contributed by atoms with van der Waals surface area (Å²) in [5.74, 6) is -1.40. The fraction of sp³-hybridized carbons (Fsp3) is 0.105. The van der Waals surface area contributed by atoms with E-state index >= 15 is 0 Å². The number of carbonyl (C=O) groups is 2. The van der Waals surface area contributed by atoms with Gasteiger partial charge in [-0.2, -0.15) is 0 Å². The van der Waals surface area contributed by atoms with E-state index in [1.807, 2.05) is 12.1 Å². The van der Waals surface area contributed by atoms with Gasteiger partial charge in [-0.3, -0.25) is 4.79 Å². The number of amides is 1. The smallest absolute Gasteiger partial charge is 0.331 e. The molecule has 0 unspecified atom stereocenters. The van der Waals surface area contributed by atoms with Gasteiger partial charge in [0, 0.05) is 17.8 Å². The van der Waals surface area contributed by atoms with Crippen molar-refractivity contribution in [2.75, 3.05) is 5.32 Å². The maximum atomic E-state index is 12.8. The number of rotatable bonds is 5. The number of halogens is 1. The predicted molar refractivity (Wildman–Crippen MR) is 93.6 cm³/mol. The van der Waals surface area contributed by atoms with E-state index < -0.39 is 23.8 Å². The van der Waals surface area contributed by atoms with Crippen molar-refractivity contribution in [1.29, 1.82) is 0 Å². The number of carbonyl (C=O) groups excluding carboxylic acids is 2. The van der Waals surface area contributed by atoms with E-state index in [0.29, 0.717) is 16.8 Å². The van der Waals surface area contributed by atoms with Crippen LogP contribution in [0.5, 0.6) is 0 Å². The fourth-order valence-corrected chi connectivity index (χ4v) is 2.14. The van der Waals surface area contributed by atoms with Crippen molar-refractivity contribution in [3.8, 4) is 0 Å². The molecular formula is C19H15FN2O4. The van der Waals surface area contributed by atoms with Gasteiger partial charge in [-0.15, -0.1) is 0 Å². The standard InChI is InChI=1S/C19H15FN2O4/c1-12(19(24)21-14-8-6-13(20)7-9-14)25-18(23)11-10-17-22-15-4-2-3-5-16(15)26-17/h2-12H,1H3,(H,21,24)/b11-10+/t12-/m0/s1. The van der Waals surface area contributed by atoms with Crippen LogP contribution in [-0.4, -0.2) is 23.0 Å². The van der Waals surface area contributed by atoms with Crippen molar-refractivity contribution >= 4 is 34.7 Å². The number of aromatic nitrogens is 1. The minimum atomic E-state index is -1.03. The molecule has 2 aromatic carbocycles. The van der Waals surface area contributed by atoms with Gasteiger partial charge in [0.05, 0.1) is 0 Å². The molecule has 0 fully saturated rings. The van der Waals surface area contributed by atoms with Crippen LogP contribution in [0.4, 0.5) is 10.1 Å². The first-order chi connectivity index (χ1) is 12.5. The highest BCUT2D eigenvalue weighted by atomic mass is 19.1. The monoisotopic (exact) mass is 354 g/mol. The molecule has 6 nitrogen and oxygen atoms in total. The zero-order valence-electron chi connectivity index (χ0n) is 13.8. The summed E-state index contributed by atoms with van der Waals surface area (Å²) >= 11 is 0. The first-order valence-corrected chi connectivity index (χ1v) is 7.82. The number of benzene rings is 2. The number of esters is 1. The van der Waals surface area contributed by atoms with Gasteiger partial charge in [0.25, 0.3) is 5.91 Å². The third-order valence-electron chi connectivity index (χ3n) is 3.45. The highest BCUT2D eigenvalue weighted by Gasteiger charge is 2.16. The molecule has 0 spiro atoms. The molecule has 0 radical (unpaired) electrons. The van der Waals surface area contributed by atoms with Crippen LogP contribution in [0.15, 0.2) is 59.0 Å². The molecule has 1 amide bonds. The number of ether oxygens (including phenoxy) is 1. The van der Waals surface area contributed by atoms with Crippen LogP contribution in [0, 0.1) is 5.82 Å². The van der Waals surface area contributed by atoms with Crippen molar-refractivity contribution in [2.45, 2.75) is 13.0 Å². The normalized spacial score (nSPS) is 12.2. The number of hydrogen-bond donors (Lipinski definition) is 1. The van der Waals surface area contributed by atoms with Crippen LogP contribution in [0.25, 0.3) is 17.2 Å². The molecule has 0 aliphatic heterocycles. The Kier molecular flexibility index (Phi) is 5.07. The summed E-state index contributed by atoms with van der Waals surface area (Å²) in [6.45, 7) is 1.43. The summed E-state index contributed by atoms with van der Waals surface area (Å²) in [7, 11) is 0. The molecule has 1 N–H and O–H groups in total. The SMILES string of the molecule is C[C@H](OC(=O)/C=C/c1nc2ccccc2o1)C(=O)Nc1ccc(F)cc1. The molecule has 26 heavy (non-hydrogen) atoms. The first-order valence-electron chi connectivity index (χ1n) is 7.82. The van der Waals surface area contributed by atoms with Gasteiger partial charge in [-0.05, 0) is 43.3 Å². The zero-order chi connectivity index (χ0) is 18.5. The molecule has 0 saturated carbocycles. The van der Waals surface area contributed by atoms with Crippen molar-refractivity contribution in [1.82, 2.24) is 4.98 Å². The number of hydrogen-bond acceptors (Lipinski definition) is 5. The summed E-state index contributed by atoms with van der Waals surface area (Å²) in [5.41, 5.74) is 1.68. The predicted octanol–water partition coefficient (Wildman–Crippen LogP) is 3.55. The Labute approximate surface area is 148 Å². The van der Waals surface area contributed by atoms with Gasteiger partial charge in [0.1, 0.15) is 11.3 Å². The van der Waals surface area contributed by atoms with Crippen molar-refractivity contribution < 1.29 is 23.1 Å². The van der Waals surface area contributed by atoms with Crippen molar-refractivity contribution in [3.05, 3.63) is 66.3 Å². The van der Waals surface area contributed by atoms with Crippen LogP contribution in [0.3, 0.4) is 0 Å². The minimum Gasteiger partial charge on any atom is -0.449 e. The second-order valence-electron chi connectivity index (χ2n) is 5.43. The van der Waals surface area contributed by atoms with Gasteiger partial charge in [0.15, 0.2) is 11.7 Å². The number of oxazole rings is 1. The topological polar surface area (TPSA) is 81.4 Å². The lowest BCUT2D eigenvalue weighted by molar-refractivity contribution is -0.148. The van der Waals surface area contributed by atoms with E-state index in [4.69, 9.17) is 9.15 Å². The van der Waals surface area contributed by atoms with E-state index in [1.54, 1.807) is 12.1 Å². The lowest BCUT2D eigenvalue weighted by Crippen LogP contribution is -2.29. The highest BCUT2D eigenvalue weighted by Crippen LogP contribution is 2.15. The molecule has 132 valence electrons. The summed E-state index contributed by atoms with van der Waals surface area (Å²) in [6, 6.07) is 12.5. The summed E-state index contributed by atoms with van der Waals surface area (Å²) < 4.78 is 23.3. The molecule has 1 aromatic heterocycles. The van der Waals surface area contributed by atoms with E-state index in [2.05, 4.69) is 10.3 Å². The second kappa shape index (κ2) is 7.60. The summed E-state index contributed by atoms with van der Waals surface area (Å²) in [4.78, 5) is 28.0. The highest BCUT2D eigenvalue weighted by molar-refractivity contribution is 5.96. The van der Waals surface area contributed by atoms with E-state index in [9.17, 15) is 14.0 Å². The van der Waals surface area contributed by atoms with Crippen LogP contribution < -0.4 is 5.32 Å². The average Bonchev–Trinajstić information content (AvgIpc) is 3.05. The van der Waals surface area contributed by atoms with Gasteiger partial charge < -0.3 is 14.5 Å². The fourth-order valence-electron chi connectivity index (χ4n) is 2.14. The Bertz CT molecular complexity index is 930. The molecule has 0 aliphatic carbocycles. The maximum Gasteiger partial charge on any atom is 0.331 e. The lowest BCUT2D eigenvalue weighted by atomic mass is 10.3. The quantitative estimate of drug-likeness (QED) is 0.560. The largest absolute Gasteiger partial charge is 0.449 e. The Morgan fingerprint density at radius 3 is 2.65 bits per heavy atom. The molecule has 1 heterocycles. The summed E-state index contributed by atoms with van der Waals surface area (Å²) in [5, 5.41) is 2.53. The third kappa shape index (κ3) is 4.32. The molecule has 3 rings (SSSR count). The number of nitrogens with one attached hydrogen (secondary N) is 1. The van der Waals surface area contributed by atoms with Gasteiger partial charge >= 0.3 is 5.97 Å². The Balaban J connectivity index is 1.56. The maximum absolute atomic E-state index is 12.8. The number of para-hydroxylation sites is 2. The van der Waals surface area contributed by atoms with Crippen molar-refractivity contribution in [3.63, 3.8) is 0 Å². The molecular weight excluding hydrogens is 339 g/mol. The molecule has 0 aliphatic rings. The number of anilines is 1. The molecule has 3 aromatic rings. The minimum absolute atomic E-state index is 0.256. The molecule has 0 bridgehead atoms. The van der Waals surface area contributed by atoms with E-state index in [1.165, 1.54) is 37.3 Å². The first kappa shape index (κ1) is 17.3. The van der Waals surface area contributed by atoms with Crippen LogP contribution in [-0.2, 0) is 14.3 Å². The van der Waals surface area contributed by atoms with Crippen LogP contribution in [0.2, 0.25) is 0 Å². The third-order valence-corrected chi connectivity index (χ3v) is 3.45. The Morgan fingerprint density at radius 1 is 1.19 bits per heavy atom. The Morgan fingerprint density at radius 2 is 1.92 bits per heavy atom. The average molecular weight is 354 g/mol. The van der Waals surface area contributed by atoms with E-state index in [0.717, 1.165) is 6.08 Å². The second-order valence-corrected chi connectivity index (χ2v) is 5.43. The van der Waals surface area contributed by atoms with E-state index in [-0.39, 0.29) is 5.89 Å². The van der Waals surface area contributed by atoms with Crippen LogP contribution >= 0.6 is 0 Å². The number of fused-ring (bicyclic) bond motifs is 1. The summed E-state index contributed by atoms with van der Waals surface area (Å²) in [6.07, 6.45) is 1.47. The number of nitrogens with zero attached hydrogens (tertiary/aromatic N) is 1. The molecule has 0 saturated heterocycles. The molecule has 1 atom stereocenters. The lowest BCUT2D eigenvalue weighted by Gasteiger charge is -2.12. The van der Waals surface area contributed by atoms with Gasteiger partial charge in [-0.25, -0.2) is 14.2 Å². The van der Waals surface area contributed by atoms with Gasteiger partial charge in [0.2, 0.25) is 5.89 Å². The van der Waals surface area contributed by atoms with Gasteiger partial charge in [-0.1, -0.05) is 12.1 Å².